The van der Waals surface area contributed by atoms with Gasteiger partial charge in [-0.05, 0) is 24.3 Å². The molecule has 25 heavy (non-hydrogen) atoms. The fourth-order valence-corrected chi connectivity index (χ4v) is 2.01. The molecule has 0 aliphatic carbocycles. The summed E-state index contributed by atoms with van der Waals surface area (Å²) in [6.45, 7) is -0.0411. The summed E-state index contributed by atoms with van der Waals surface area (Å²) in [6, 6.07) is 12.5. The van der Waals surface area contributed by atoms with Gasteiger partial charge in [0.25, 0.3) is 11.8 Å². The number of benzene rings is 2. The Morgan fingerprint density at radius 3 is 1.24 bits per heavy atom. The molecule has 2 aromatic rings. The van der Waals surface area contributed by atoms with Crippen LogP contribution in [0.3, 0.4) is 0 Å². The van der Waals surface area contributed by atoms with E-state index in [0.29, 0.717) is 22.3 Å². The van der Waals surface area contributed by atoms with E-state index in [0.717, 1.165) is 0 Å². The Balaban J connectivity index is 1.86. The van der Waals surface area contributed by atoms with Crippen LogP contribution in [0.25, 0.3) is 0 Å². The van der Waals surface area contributed by atoms with Crippen molar-refractivity contribution in [2.45, 2.75) is 0 Å². The number of carbonyl (C=O) groups excluding carboxylic acids is 2. The Hall–Kier alpha value is -3.68. The summed E-state index contributed by atoms with van der Waals surface area (Å²) in [5.41, 5.74) is 12.5. The zero-order valence-electron chi connectivity index (χ0n) is 13.3. The first kappa shape index (κ1) is 17.7. The van der Waals surface area contributed by atoms with Crippen molar-refractivity contribution in [2.24, 2.45) is 11.5 Å². The lowest BCUT2D eigenvalue weighted by molar-refractivity contribution is 0.0920. The minimum atomic E-state index is -0.359. The van der Waals surface area contributed by atoms with Crippen LogP contribution < -0.4 is 22.1 Å². The lowest BCUT2D eigenvalue weighted by Gasteiger charge is -2.08. The Morgan fingerprint density at radius 1 is 0.680 bits per heavy atom. The van der Waals surface area contributed by atoms with Crippen molar-refractivity contribution in [1.82, 2.24) is 10.6 Å². The molecule has 0 unspecified atom stereocenters. The van der Waals surface area contributed by atoms with Crippen LogP contribution in [0.4, 0.5) is 0 Å². The Labute approximate surface area is 144 Å². The highest BCUT2D eigenvalue weighted by Crippen LogP contribution is 2.05. The van der Waals surface area contributed by atoms with E-state index in [9.17, 15) is 9.59 Å². The molecule has 128 valence electrons. The molecule has 2 rings (SSSR count). The van der Waals surface area contributed by atoms with Crippen LogP contribution in [0.1, 0.15) is 31.8 Å². The molecular weight excluding hydrogens is 320 g/mol. The van der Waals surface area contributed by atoms with Gasteiger partial charge in [-0.1, -0.05) is 24.3 Å². The van der Waals surface area contributed by atoms with Crippen molar-refractivity contribution in [3.63, 3.8) is 0 Å². The van der Waals surface area contributed by atoms with E-state index in [1.807, 2.05) is 0 Å². The van der Waals surface area contributed by atoms with E-state index in [1.54, 1.807) is 48.5 Å². The molecule has 0 saturated heterocycles. The van der Waals surface area contributed by atoms with Crippen molar-refractivity contribution in [3.8, 4) is 0 Å². The summed E-state index contributed by atoms with van der Waals surface area (Å²) < 4.78 is 0. The number of nitrogen functional groups attached to an aromatic ring is 2. The SMILES string of the molecule is N=C(N)c1ccc(C(=O)NCNC(=O)c2ccc(C(=N)N)cc2)cc1. The molecule has 0 atom stereocenters. The second kappa shape index (κ2) is 7.73. The third kappa shape index (κ3) is 4.64. The summed E-state index contributed by atoms with van der Waals surface area (Å²) >= 11 is 0. The summed E-state index contributed by atoms with van der Waals surface area (Å²) in [7, 11) is 0. The van der Waals surface area contributed by atoms with Crippen molar-refractivity contribution in [1.29, 1.82) is 10.8 Å². The highest BCUT2D eigenvalue weighted by molar-refractivity contribution is 5.99. The average Bonchev–Trinajstić information content (AvgIpc) is 2.61. The van der Waals surface area contributed by atoms with E-state index in [-0.39, 0.29) is 30.2 Å². The van der Waals surface area contributed by atoms with Gasteiger partial charge in [0.05, 0.1) is 6.67 Å². The van der Waals surface area contributed by atoms with Gasteiger partial charge in [-0.25, -0.2) is 0 Å². The average molecular weight is 338 g/mol. The van der Waals surface area contributed by atoms with E-state index in [2.05, 4.69) is 10.6 Å². The van der Waals surface area contributed by atoms with Crippen LogP contribution in [0.15, 0.2) is 48.5 Å². The van der Waals surface area contributed by atoms with Gasteiger partial charge in [-0.3, -0.25) is 20.4 Å². The van der Waals surface area contributed by atoms with Crippen LogP contribution in [0.5, 0.6) is 0 Å². The van der Waals surface area contributed by atoms with Crippen LogP contribution in [-0.4, -0.2) is 30.2 Å². The minimum absolute atomic E-state index is 0.0411. The lowest BCUT2D eigenvalue weighted by Crippen LogP contribution is -2.37. The first-order valence-corrected chi connectivity index (χ1v) is 7.34. The summed E-state index contributed by atoms with van der Waals surface area (Å²) in [6.07, 6.45) is 0. The van der Waals surface area contributed by atoms with Crippen LogP contribution in [-0.2, 0) is 0 Å². The number of rotatable bonds is 6. The number of hydrogen-bond acceptors (Lipinski definition) is 4. The van der Waals surface area contributed by atoms with E-state index < -0.39 is 0 Å². The van der Waals surface area contributed by atoms with Crippen LogP contribution in [0, 0.1) is 10.8 Å². The Kier molecular flexibility index (Phi) is 5.47. The molecule has 0 saturated carbocycles. The smallest absolute Gasteiger partial charge is 0.252 e. The molecule has 2 aromatic carbocycles. The quantitative estimate of drug-likeness (QED) is 0.255. The standard InChI is InChI=1S/C17H18N6O2/c18-14(19)10-1-5-12(6-2-10)16(24)22-9-23-17(25)13-7-3-11(4-8-13)15(20)21/h1-8H,9H2,(H3,18,19)(H3,20,21)(H,22,24)(H,23,25). The second-order valence-electron chi connectivity index (χ2n) is 5.17. The highest BCUT2D eigenvalue weighted by Gasteiger charge is 2.08. The lowest BCUT2D eigenvalue weighted by atomic mass is 10.1. The Morgan fingerprint density at radius 2 is 0.960 bits per heavy atom. The molecule has 0 bridgehead atoms. The van der Waals surface area contributed by atoms with Crippen molar-refractivity contribution >= 4 is 23.5 Å². The maximum Gasteiger partial charge on any atom is 0.252 e. The molecular formula is C17H18N6O2. The molecule has 0 heterocycles. The van der Waals surface area contributed by atoms with Gasteiger partial charge in [0.1, 0.15) is 11.7 Å². The summed E-state index contributed by atoms with van der Waals surface area (Å²) in [5.74, 6) is -0.866. The number of carbonyl (C=O) groups is 2. The van der Waals surface area contributed by atoms with Gasteiger partial charge >= 0.3 is 0 Å². The van der Waals surface area contributed by atoms with Gasteiger partial charge in [0, 0.05) is 22.3 Å². The fraction of sp³-hybridized carbons (Fsp3) is 0.0588. The van der Waals surface area contributed by atoms with Gasteiger partial charge in [0.15, 0.2) is 0 Å². The molecule has 0 spiro atoms. The molecule has 8 nitrogen and oxygen atoms in total. The molecule has 2 amide bonds. The van der Waals surface area contributed by atoms with Crippen molar-refractivity contribution < 1.29 is 9.59 Å². The molecule has 0 aromatic heterocycles. The molecule has 8 heteroatoms. The highest BCUT2D eigenvalue weighted by atomic mass is 16.2. The maximum atomic E-state index is 12.0. The zero-order chi connectivity index (χ0) is 18.4. The number of amides is 2. The zero-order valence-corrected chi connectivity index (χ0v) is 13.3. The van der Waals surface area contributed by atoms with Gasteiger partial charge in [-0.2, -0.15) is 0 Å². The molecule has 0 aliphatic heterocycles. The van der Waals surface area contributed by atoms with Gasteiger partial charge in [-0.15, -0.1) is 0 Å². The fourth-order valence-electron chi connectivity index (χ4n) is 2.01. The third-order valence-electron chi connectivity index (χ3n) is 3.41. The first-order chi connectivity index (χ1) is 11.9. The number of amidine groups is 2. The van der Waals surface area contributed by atoms with E-state index >= 15 is 0 Å². The molecule has 0 fully saturated rings. The monoisotopic (exact) mass is 338 g/mol. The third-order valence-corrected chi connectivity index (χ3v) is 3.41. The minimum Gasteiger partial charge on any atom is -0.384 e. The number of nitrogens with two attached hydrogens (primary N) is 2. The topological polar surface area (TPSA) is 158 Å². The summed E-state index contributed by atoms with van der Waals surface area (Å²) in [4.78, 5) is 24.0. The van der Waals surface area contributed by atoms with Crippen molar-refractivity contribution in [2.75, 3.05) is 6.67 Å². The van der Waals surface area contributed by atoms with E-state index in [1.165, 1.54) is 0 Å². The maximum absolute atomic E-state index is 12.0. The largest absolute Gasteiger partial charge is 0.384 e. The molecule has 0 radical (unpaired) electrons. The molecule has 8 N–H and O–H groups in total. The van der Waals surface area contributed by atoms with Gasteiger partial charge < -0.3 is 22.1 Å². The van der Waals surface area contributed by atoms with Crippen LogP contribution in [0.2, 0.25) is 0 Å². The van der Waals surface area contributed by atoms with Crippen LogP contribution >= 0.6 is 0 Å². The summed E-state index contributed by atoms with van der Waals surface area (Å²) in [5, 5.41) is 19.7. The predicted octanol–water partition coefficient (Wildman–Crippen LogP) is 0.372. The second-order valence-corrected chi connectivity index (χ2v) is 5.17. The normalized spacial score (nSPS) is 9.92. The molecule has 0 aliphatic rings. The van der Waals surface area contributed by atoms with E-state index in [4.69, 9.17) is 22.3 Å². The van der Waals surface area contributed by atoms with Crippen molar-refractivity contribution in [3.05, 3.63) is 70.8 Å². The number of nitrogens with one attached hydrogen (secondary N) is 4. The van der Waals surface area contributed by atoms with Gasteiger partial charge in [0.2, 0.25) is 0 Å². The Bertz CT molecular complexity index is 743. The number of hydrogen-bond donors (Lipinski definition) is 6. The predicted molar refractivity (Wildman–Crippen MR) is 94.7 cm³/mol. The first-order valence-electron chi connectivity index (χ1n) is 7.34.